The van der Waals surface area contributed by atoms with Crippen LogP contribution in [0.5, 0.6) is 11.5 Å². The van der Waals surface area contributed by atoms with E-state index in [1.165, 1.54) is 36.8 Å². The summed E-state index contributed by atoms with van der Waals surface area (Å²) >= 11 is 0. The molecule has 4 rings (SSSR count). The van der Waals surface area contributed by atoms with Gasteiger partial charge in [-0.25, -0.2) is 0 Å². The fourth-order valence-corrected chi connectivity index (χ4v) is 4.61. The van der Waals surface area contributed by atoms with Crippen molar-refractivity contribution < 1.29 is 9.47 Å². The summed E-state index contributed by atoms with van der Waals surface area (Å²) < 4.78 is 11.8. The Hall–Kier alpha value is -4.32. The van der Waals surface area contributed by atoms with Crippen LogP contribution in [-0.4, -0.2) is 13.2 Å². The van der Waals surface area contributed by atoms with E-state index in [2.05, 4.69) is 58.6 Å². The highest BCUT2D eigenvalue weighted by atomic mass is 16.5. The van der Waals surface area contributed by atoms with Gasteiger partial charge in [-0.15, -0.1) is 0 Å². The van der Waals surface area contributed by atoms with Crippen LogP contribution in [0.15, 0.2) is 118 Å². The third-order valence-electron chi connectivity index (χ3n) is 7.32. The highest BCUT2D eigenvalue weighted by molar-refractivity contribution is 5.44. The van der Waals surface area contributed by atoms with Gasteiger partial charge in [-0.3, -0.25) is 0 Å². The minimum Gasteiger partial charge on any atom is -0.494 e. The van der Waals surface area contributed by atoms with Crippen LogP contribution in [0, 0.1) is 0 Å². The van der Waals surface area contributed by atoms with Crippen LogP contribution in [0.4, 0.5) is 22.7 Å². The third-order valence-corrected chi connectivity index (χ3v) is 7.32. The Labute approximate surface area is 263 Å². The summed E-state index contributed by atoms with van der Waals surface area (Å²) in [5.74, 6) is 1.71. The molecule has 0 aliphatic heterocycles. The van der Waals surface area contributed by atoms with E-state index < -0.39 is 0 Å². The zero-order valence-electron chi connectivity index (χ0n) is 26.3. The van der Waals surface area contributed by atoms with E-state index in [-0.39, 0.29) is 0 Å². The number of benzene rings is 4. The SMILES string of the molecule is CCCCc1ccc(N=Nc2ccc(OCCCCCCOc3ccc(N=Nc4ccc(CCCC)cc4)cc3)cc2)cc1. The zero-order valence-corrected chi connectivity index (χ0v) is 26.3. The van der Waals surface area contributed by atoms with Gasteiger partial charge in [0, 0.05) is 0 Å². The molecule has 4 aromatic carbocycles. The molecule has 0 amide bonds. The number of azo groups is 2. The van der Waals surface area contributed by atoms with E-state index in [9.17, 15) is 0 Å². The second kappa shape index (κ2) is 19.1. The van der Waals surface area contributed by atoms with Crippen molar-refractivity contribution in [1.29, 1.82) is 0 Å². The van der Waals surface area contributed by atoms with Crippen molar-refractivity contribution in [2.75, 3.05) is 13.2 Å². The molecule has 0 atom stereocenters. The van der Waals surface area contributed by atoms with Crippen molar-refractivity contribution in [3.63, 3.8) is 0 Å². The van der Waals surface area contributed by atoms with Crippen molar-refractivity contribution in [2.45, 2.75) is 78.1 Å². The number of unbranched alkanes of at least 4 members (excludes halogenated alkanes) is 5. The molecule has 0 saturated carbocycles. The number of nitrogens with zero attached hydrogens (tertiary/aromatic N) is 4. The van der Waals surface area contributed by atoms with Gasteiger partial charge in [0.25, 0.3) is 0 Å². The summed E-state index contributed by atoms with van der Waals surface area (Å²) in [6.07, 6.45) is 11.3. The van der Waals surface area contributed by atoms with E-state index in [1.807, 2.05) is 72.8 Å². The summed E-state index contributed by atoms with van der Waals surface area (Å²) in [6.45, 7) is 5.82. The van der Waals surface area contributed by atoms with Crippen molar-refractivity contribution in [2.24, 2.45) is 20.5 Å². The Balaban J connectivity index is 1.05. The maximum Gasteiger partial charge on any atom is 0.119 e. The highest BCUT2D eigenvalue weighted by Gasteiger charge is 2.00. The summed E-state index contributed by atoms with van der Waals surface area (Å²) in [7, 11) is 0. The molecule has 0 aliphatic rings. The molecule has 230 valence electrons. The predicted octanol–water partition coefficient (Wildman–Crippen LogP) is 12.2. The lowest BCUT2D eigenvalue weighted by molar-refractivity contribution is 0.287. The minimum atomic E-state index is 0.700. The zero-order chi connectivity index (χ0) is 30.7. The van der Waals surface area contributed by atoms with Crippen molar-refractivity contribution >= 4 is 22.7 Å². The quantitative estimate of drug-likeness (QED) is 0.0805. The first-order chi connectivity index (χ1) is 21.7. The smallest absolute Gasteiger partial charge is 0.119 e. The molecule has 0 N–H and O–H groups in total. The first-order valence-electron chi connectivity index (χ1n) is 16.2. The summed E-state index contributed by atoms with van der Waals surface area (Å²) in [6, 6.07) is 32.2. The van der Waals surface area contributed by atoms with Crippen LogP contribution in [0.25, 0.3) is 0 Å². The van der Waals surface area contributed by atoms with Gasteiger partial charge < -0.3 is 9.47 Å². The standard InChI is InChI=1S/C38H46N4O2/c1-3-5-11-31-13-17-33(18-14-31)39-41-35-21-25-37(26-22-35)43-29-9-7-8-10-30-44-38-27-23-36(24-28-38)42-40-34-19-15-32(16-20-34)12-6-4-2/h13-28H,3-12,29-30H2,1-2H3. The fourth-order valence-electron chi connectivity index (χ4n) is 4.61. The number of hydrogen-bond acceptors (Lipinski definition) is 6. The first kappa shape index (κ1) is 32.6. The Bertz CT molecular complexity index is 1290. The Kier molecular flexibility index (Phi) is 14.1. The topological polar surface area (TPSA) is 67.9 Å². The second-order valence-electron chi connectivity index (χ2n) is 11.0. The lowest BCUT2D eigenvalue weighted by Crippen LogP contribution is -1.99. The lowest BCUT2D eigenvalue weighted by Gasteiger charge is -2.07. The number of ether oxygens (including phenoxy) is 2. The van der Waals surface area contributed by atoms with E-state index in [0.717, 1.165) is 72.8 Å². The Morgan fingerprint density at radius 1 is 0.386 bits per heavy atom. The monoisotopic (exact) mass is 590 g/mol. The summed E-state index contributed by atoms with van der Waals surface area (Å²) in [4.78, 5) is 0. The molecule has 0 bridgehead atoms. The van der Waals surface area contributed by atoms with Crippen LogP contribution in [0.2, 0.25) is 0 Å². The summed E-state index contributed by atoms with van der Waals surface area (Å²) in [5, 5.41) is 17.4. The normalized spacial score (nSPS) is 11.4. The number of rotatable bonds is 19. The van der Waals surface area contributed by atoms with Gasteiger partial charge in [-0.1, -0.05) is 51.0 Å². The molecule has 0 fully saturated rings. The number of aryl methyl sites for hydroxylation is 2. The summed E-state index contributed by atoms with van der Waals surface area (Å²) in [5.41, 5.74) is 6.06. The maximum absolute atomic E-state index is 5.90. The van der Waals surface area contributed by atoms with Crippen molar-refractivity contribution in [3.05, 3.63) is 108 Å². The minimum absolute atomic E-state index is 0.700. The molecule has 4 aromatic rings. The molecule has 0 aliphatic carbocycles. The average molecular weight is 591 g/mol. The molecule has 0 spiro atoms. The Morgan fingerprint density at radius 2 is 0.705 bits per heavy atom. The second-order valence-corrected chi connectivity index (χ2v) is 11.0. The van der Waals surface area contributed by atoms with E-state index in [1.54, 1.807) is 0 Å². The van der Waals surface area contributed by atoms with Crippen LogP contribution < -0.4 is 9.47 Å². The molecule has 0 heterocycles. The number of hydrogen-bond donors (Lipinski definition) is 0. The lowest BCUT2D eigenvalue weighted by atomic mass is 10.1. The molecular formula is C38H46N4O2. The van der Waals surface area contributed by atoms with Gasteiger partial charge in [-0.05, 0) is 135 Å². The molecule has 0 unspecified atom stereocenters. The molecule has 44 heavy (non-hydrogen) atoms. The van der Waals surface area contributed by atoms with Gasteiger partial charge in [0.2, 0.25) is 0 Å². The van der Waals surface area contributed by atoms with Gasteiger partial charge in [0.15, 0.2) is 0 Å². The van der Waals surface area contributed by atoms with E-state index in [0.29, 0.717) is 13.2 Å². The first-order valence-corrected chi connectivity index (χ1v) is 16.2. The third kappa shape index (κ3) is 12.1. The van der Waals surface area contributed by atoms with Gasteiger partial charge in [0.1, 0.15) is 11.5 Å². The van der Waals surface area contributed by atoms with Gasteiger partial charge in [-0.2, -0.15) is 20.5 Å². The van der Waals surface area contributed by atoms with E-state index in [4.69, 9.17) is 9.47 Å². The van der Waals surface area contributed by atoms with Crippen molar-refractivity contribution in [1.82, 2.24) is 0 Å². The molecule has 0 aromatic heterocycles. The molecular weight excluding hydrogens is 544 g/mol. The van der Waals surface area contributed by atoms with E-state index >= 15 is 0 Å². The van der Waals surface area contributed by atoms with Crippen LogP contribution in [-0.2, 0) is 12.8 Å². The average Bonchev–Trinajstić information content (AvgIpc) is 3.07. The largest absolute Gasteiger partial charge is 0.494 e. The molecule has 6 nitrogen and oxygen atoms in total. The van der Waals surface area contributed by atoms with Gasteiger partial charge >= 0.3 is 0 Å². The van der Waals surface area contributed by atoms with Crippen LogP contribution in [0.1, 0.15) is 76.3 Å². The highest BCUT2D eigenvalue weighted by Crippen LogP contribution is 2.24. The molecule has 0 radical (unpaired) electrons. The predicted molar refractivity (Wildman–Crippen MR) is 181 cm³/mol. The van der Waals surface area contributed by atoms with Crippen LogP contribution in [0.3, 0.4) is 0 Å². The Morgan fingerprint density at radius 3 is 1.02 bits per heavy atom. The molecule has 0 saturated heterocycles. The van der Waals surface area contributed by atoms with Crippen molar-refractivity contribution in [3.8, 4) is 11.5 Å². The van der Waals surface area contributed by atoms with Crippen LogP contribution >= 0.6 is 0 Å². The fraction of sp³-hybridized carbons (Fsp3) is 0.368. The van der Waals surface area contributed by atoms with Gasteiger partial charge in [0.05, 0.1) is 36.0 Å². The maximum atomic E-state index is 5.90. The molecule has 6 heteroatoms.